The summed E-state index contributed by atoms with van der Waals surface area (Å²) < 4.78 is 5.50. The highest BCUT2D eigenvalue weighted by atomic mass is 16.5. The number of hydrogen-bond acceptors (Lipinski definition) is 4. The molecule has 0 saturated carbocycles. The van der Waals surface area contributed by atoms with E-state index in [-0.39, 0.29) is 24.2 Å². The van der Waals surface area contributed by atoms with Crippen LogP contribution in [0.15, 0.2) is 42.5 Å². The Kier molecular flexibility index (Phi) is 4.63. The minimum absolute atomic E-state index is 0.107. The van der Waals surface area contributed by atoms with Crippen molar-refractivity contribution in [2.75, 3.05) is 23.0 Å². The molecule has 0 radical (unpaired) electrons. The van der Waals surface area contributed by atoms with Gasteiger partial charge in [-0.25, -0.2) is 0 Å². The standard InChI is InChI=1S/C22H22N2O4/c1-14(22(27)23-11-5-7-16-6-3-4-8-18(16)23)24-19-12-17(15(2)25)9-10-20(19)28-13-21(24)26/h3-4,6,8-10,12,14H,5,7,11,13H2,1-2H3. The molecule has 1 unspecified atom stereocenters. The number of amides is 2. The van der Waals surface area contributed by atoms with E-state index in [1.54, 1.807) is 30.0 Å². The molecule has 0 aliphatic carbocycles. The van der Waals surface area contributed by atoms with Crippen LogP contribution in [0.25, 0.3) is 0 Å². The first-order valence-corrected chi connectivity index (χ1v) is 9.46. The highest BCUT2D eigenvalue weighted by molar-refractivity contribution is 6.09. The maximum Gasteiger partial charge on any atom is 0.265 e. The molecule has 144 valence electrons. The molecule has 2 aromatic rings. The lowest BCUT2D eigenvalue weighted by molar-refractivity contribution is -0.126. The number of ether oxygens (including phenoxy) is 1. The molecule has 6 heteroatoms. The van der Waals surface area contributed by atoms with Crippen molar-refractivity contribution in [3.8, 4) is 5.75 Å². The zero-order valence-corrected chi connectivity index (χ0v) is 16.0. The highest BCUT2D eigenvalue weighted by Gasteiger charge is 2.36. The number of rotatable bonds is 3. The largest absolute Gasteiger partial charge is 0.482 e. The number of hydrogen-bond donors (Lipinski definition) is 0. The highest BCUT2D eigenvalue weighted by Crippen LogP contribution is 2.36. The van der Waals surface area contributed by atoms with E-state index in [0.717, 1.165) is 24.1 Å². The number of ketones is 1. The molecular formula is C22H22N2O4. The molecule has 2 aromatic carbocycles. The minimum atomic E-state index is -0.705. The van der Waals surface area contributed by atoms with Gasteiger partial charge in [0.1, 0.15) is 11.8 Å². The fourth-order valence-corrected chi connectivity index (χ4v) is 3.91. The average molecular weight is 378 g/mol. The van der Waals surface area contributed by atoms with E-state index in [2.05, 4.69) is 0 Å². The van der Waals surface area contributed by atoms with Gasteiger partial charge in [0.05, 0.1) is 5.69 Å². The third-order valence-corrected chi connectivity index (χ3v) is 5.37. The van der Waals surface area contributed by atoms with Gasteiger partial charge in [0, 0.05) is 17.8 Å². The maximum atomic E-state index is 13.4. The Morgan fingerprint density at radius 1 is 1.11 bits per heavy atom. The maximum absolute atomic E-state index is 13.4. The second-order valence-electron chi connectivity index (χ2n) is 7.19. The van der Waals surface area contributed by atoms with Crippen molar-refractivity contribution in [1.29, 1.82) is 0 Å². The summed E-state index contributed by atoms with van der Waals surface area (Å²) >= 11 is 0. The van der Waals surface area contributed by atoms with Gasteiger partial charge in [0.2, 0.25) is 5.91 Å². The number of Topliss-reactive ketones (excluding diaryl/α,β-unsaturated/α-hetero) is 1. The SMILES string of the molecule is CC(=O)c1ccc2c(c1)N(C(C)C(=O)N1CCCc3ccccc31)C(=O)CO2. The number of anilines is 2. The fraction of sp³-hybridized carbons (Fsp3) is 0.318. The number of aryl methyl sites for hydroxylation is 1. The molecule has 0 fully saturated rings. The van der Waals surface area contributed by atoms with Crippen molar-refractivity contribution in [1.82, 2.24) is 0 Å². The molecule has 2 heterocycles. The van der Waals surface area contributed by atoms with Gasteiger partial charge in [-0.1, -0.05) is 18.2 Å². The Morgan fingerprint density at radius 3 is 2.68 bits per heavy atom. The zero-order chi connectivity index (χ0) is 19.8. The van der Waals surface area contributed by atoms with Crippen LogP contribution in [0.3, 0.4) is 0 Å². The number of para-hydroxylation sites is 1. The third-order valence-electron chi connectivity index (χ3n) is 5.37. The van der Waals surface area contributed by atoms with Gasteiger partial charge in [0.15, 0.2) is 12.4 Å². The summed E-state index contributed by atoms with van der Waals surface area (Å²) in [5, 5.41) is 0. The first-order chi connectivity index (χ1) is 13.5. The predicted molar refractivity (Wildman–Crippen MR) is 106 cm³/mol. The number of benzene rings is 2. The first-order valence-electron chi connectivity index (χ1n) is 9.46. The summed E-state index contributed by atoms with van der Waals surface area (Å²) in [5.41, 5.74) is 2.99. The van der Waals surface area contributed by atoms with Gasteiger partial charge in [-0.3, -0.25) is 19.3 Å². The topological polar surface area (TPSA) is 66.9 Å². The van der Waals surface area contributed by atoms with Crippen molar-refractivity contribution in [3.05, 3.63) is 53.6 Å². The van der Waals surface area contributed by atoms with Gasteiger partial charge >= 0.3 is 0 Å². The van der Waals surface area contributed by atoms with Gasteiger partial charge in [0.25, 0.3) is 5.91 Å². The summed E-state index contributed by atoms with van der Waals surface area (Å²) in [6.07, 6.45) is 1.83. The van der Waals surface area contributed by atoms with Crippen molar-refractivity contribution in [2.45, 2.75) is 32.7 Å². The second-order valence-corrected chi connectivity index (χ2v) is 7.19. The van der Waals surface area contributed by atoms with E-state index in [1.807, 2.05) is 24.3 Å². The molecule has 4 rings (SSSR count). The average Bonchev–Trinajstić information content (AvgIpc) is 2.71. The Labute approximate surface area is 163 Å². The number of carbonyl (C=O) groups is 3. The molecule has 0 spiro atoms. The Bertz CT molecular complexity index is 969. The lowest BCUT2D eigenvalue weighted by Crippen LogP contribution is -2.53. The van der Waals surface area contributed by atoms with E-state index in [4.69, 9.17) is 4.74 Å². The van der Waals surface area contributed by atoms with Crippen molar-refractivity contribution < 1.29 is 19.1 Å². The summed E-state index contributed by atoms with van der Waals surface area (Å²) in [5.74, 6) is -0.0334. The lowest BCUT2D eigenvalue weighted by Gasteiger charge is -2.37. The lowest BCUT2D eigenvalue weighted by atomic mass is 10.0. The van der Waals surface area contributed by atoms with Crippen LogP contribution in [0.5, 0.6) is 5.75 Å². The van der Waals surface area contributed by atoms with Gasteiger partial charge in [-0.2, -0.15) is 0 Å². The van der Waals surface area contributed by atoms with E-state index in [1.165, 1.54) is 11.8 Å². The van der Waals surface area contributed by atoms with Crippen molar-refractivity contribution >= 4 is 29.0 Å². The normalized spacial score (nSPS) is 16.7. The number of fused-ring (bicyclic) bond motifs is 2. The smallest absolute Gasteiger partial charge is 0.265 e. The first kappa shape index (κ1) is 18.2. The van der Waals surface area contributed by atoms with Crippen LogP contribution in [-0.4, -0.2) is 36.8 Å². The number of nitrogens with zero attached hydrogens (tertiary/aromatic N) is 2. The number of carbonyl (C=O) groups excluding carboxylic acids is 3. The summed E-state index contributed by atoms with van der Waals surface area (Å²) in [7, 11) is 0. The van der Waals surface area contributed by atoms with Crippen LogP contribution < -0.4 is 14.5 Å². The van der Waals surface area contributed by atoms with E-state index in [9.17, 15) is 14.4 Å². The molecule has 2 amide bonds. The van der Waals surface area contributed by atoms with Crippen LogP contribution in [0.1, 0.15) is 36.2 Å². The Morgan fingerprint density at radius 2 is 1.89 bits per heavy atom. The predicted octanol–water partition coefficient (Wildman–Crippen LogP) is 2.98. The molecule has 0 aromatic heterocycles. The molecule has 6 nitrogen and oxygen atoms in total. The van der Waals surface area contributed by atoms with Crippen LogP contribution in [0.2, 0.25) is 0 Å². The van der Waals surface area contributed by atoms with Gasteiger partial charge < -0.3 is 9.64 Å². The molecule has 0 N–H and O–H groups in total. The third kappa shape index (κ3) is 3.05. The van der Waals surface area contributed by atoms with Crippen LogP contribution in [0.4, 0.5) is 11.4 Å². The van der Waals surface area contributed by atoms with E-state index < -0.39 is 6.04 Å². The fourth-order valence-electron chi connectivity index (χ4n) is 3.91. The van der Waals surface area contributed by atoms with Crippen molar-refractivity contribution in [3.63, 3.8) is 0 Å². The van der Waals surface area contributed by atoms with E-state index in [0.29, 0.717) is 23.5 Å². The Balaban J connectivity index is 1.70. The Hall–Kier alpha value is -3.15. The van der Waals surface area contributed by atoms with Gasteiger partial charge in [-0.05, 0) is 56.5 Å². The molecule has 2 aliphatic heterocycles. The van der Waals surface area contributed by atoms with Crippen LogP contribution in [-0.2, 0) is 16.0 Å². The second kappa shape index (κ2) is 7.11. The summed E-state index contributed by atoms with van der Waals surface area (Å²) in [6, 6.07) is 12.1. The summed E-state index contributed by atoms with van der Waals surface area (Å²) in [4.78, 5) is 41.0. The molecule has 0 bridgehead atoms. The summed E-state index contributed by atoms with van der Waals surface area (Å²) in [6.45, 7) is 3.70. The minimum Gasteiger partial charge on any atom is -0.482 e. The van der Waals surface area contributed by atoms with Gasteiger partial charge in [-0.15, -0.1) is 0 Å². The molecule has 2 aliphatic rings. The molecule has 28 heavy (non-hydrogen) atoms. The zero-order valence-electron chi connectivity index (χ0n) is 16.0. The molecule has 0 saturated heterocycles. The monoisotopic (exact) mass is 378 g/mol. The quantitative estimate of drug-likeness (QED) is 0.770. The molecule has 1 atom stereocenters. The van der Waals surface area contributed by atoms with Crippen LogP contribution in [0, 0.1) is 0 Å². The van der Waals surface area contributed by atoms with E-state index >= 15 is 0 Å². The van der Waals surface area contributed by atoms with Crippen molar-refractivity contribution in [2.24, 2.45) is 0 Å². The molecular weight excluding hydrogens is 356 g/mol. The van der Waals surface area contributed by atoms with Crippen LogP contribution >= 0.6 is 0 Å².